The Balaban J connectivity index is 2.63. The van der Waals surface area contributed by atoms with Crippen molar-refractivity contribution in [3.8, 4) is 0 Å². The minimum Gasteiger partial charge on any atom is -0.444 e. The third-order valence-corrected chi connectivity index (χ3v) is 3.16. The van der Waals surface area contributed by atoms with Gasteiger partial charge < -0.3 is 20.3 Å². The molecule has 0 radical (unpaired) electrons. The minimum atomic E-state index is -1.25. The maximum atomic E-state index is 11.5. The first-order chi connectivity index (χ1) is 9.53. The molecule has 1 heterocycles. The van der Waals surface area contributed by atoms with Gasteiger partial charge in [-0.05, 0) is 27.7 Å². The van der Waals surface area contributed by atoms with Crippen molar-refractivity contribution in [1.82, 2.24) is 15.1 Å². The number of ether oxygens (including phenoxy) is 1. The number of aryl methyl sites for hydroxylation is 2. The topological polar surface area (TPSA) is 96.6 Å². The van der Waals surface area contributed by atoms with Crippen LogP contribution >= 0.6 is 11.6 Å². The van der Waals surface area contributed by atoms with Crippen molar-refractivity contribution in [3.05, 3.63) is 16.4 Å². The average molecular weight is 320 g/mol. The van der Waals surface area contributed by atoms with Crippen LogP contribution in [0.25, 0.3) is 0 Å². The molecule has 0 bridgehead atoms. The molecule has 21 heavy (non-hydrogen) atoms. The van der Waals surface area contributed by atoms with E-state index in [0.29, 0.717) is 11.3 Å². The van der Waals surface area contributed by atoms with Crippen molar-refractivity contribution >= 4 is 17.7 Å². The van der Waals surface area contributed by atoms with E-state index < -0.39 is 23.9 Å². The van der Waals surface area contributed by atoms with Gasteiger partial charge in [-0.1, -0.05) is 11.6 Å². The number of carbonyl (C=O) groups is 1. The van der Waals surface area contributed by atoms with Gasteiger partial charge in [0.05, 0.1) is 5.69 Å². The normalized spacial score (nSPS) is 14.7. The lowest BCUT2D eigenvalue weighted by Crippen LogP contribution is -2.39. The van der Waals surface area contributed by atoms with Crippen LogP contribution in [-0.4, -0.2) is 44.3 Å². The summed E-state index contributed by atoms with van der Waals surface area (Å²) in [5.41, 5.74) is 0.237. The maximum Gasteiger partial charge on any atom is 0.407 e. The van der Waals surface area contributed by atoms with E-state index in [1.165, 1.54) is 4.68 Å². The van der Waals surface area contributed by atoms with E-state index in [0.717, 1.165) is 0 Å². The first kappa shape index (κ1) is 17.7. The van der Waals surface area contributed by atoms with E-state index in [1.54, 1.807) is 34.7 Å². The quantitative estimate of drug-likeness (QED) is 0.777. The molecule has 0 aliphatic carbocycles. The Labute approximate surface area is 128 Å². The Morgan fingerprint density at radius 2 is 2.05 bits per heavy atom. The van der Waals surface area contributed by atoms with Crippen LogP contribution in [-0.2, 0) is 11.8 Å². The van der Waals surface area contributed by atoms with E-state index in [4.69, 9.17) is 16.3 Å². The van der Waals surface area contributed by atoms with Crippen molar-refractivity contribution in [1.29, 1.82) is 0 Å². The van der Waals surface area contributed by atoms with Gasteiger partial charge in [-0.2, -0.15) is 5.10 Å². The van der Waals surface area contributed by atoms with E-state index in [9.17, 15) is 15.0 Å². The van der Waals surface area contributed by atoms with Gasteiger partial charge in [0, 0.05) is 19.2 Å². The van der Waals surface area contributed by atoms with Crippen LogP contribution in [0.3, 0.4) is 0 Å². The number of rotatable bonds is 4. The largest absolute Gasteiger partial charge is 0.444 e. The SMILES string of the molecule is Cc1nn(C)c(Cl)c1C(O)C(O)CNC(=O)OC(C)(C)C. The molecule has 0 aliphatic rings. The van der Waals surface area contributed by atoms with Crippen LogP contribution in [0.4, 0.5) is 4.79 Å². The predicted octanol–water partition coefficient (Wildman–Crippen LogP) is 1.30. The first-order valence-electron chi connectivity index (χ1n) is 6.55. The zero-order valence-electron chi connectivity index (χ0n) is 12.8. The summed E-state index contributed by atoms with van der Waals surface area (Å²) in [5.74, 6) is 0. The third kappa shape index (κ3) is 4.87. The first-order valence-corrected chi connectivity index (χ1v) is 6.92. The number of amides is 1. The third-order valence-electron chi connectivity index (χ3n) is 2.71. The molecule has 0 fully saturated rings. The standard InChI is InChI=1S/C13H22ClN3O4/c1-7-9(11(14)17(5)16-7)10(19)8(18)6-15-12(20)21-13(2,3)4/h8,10,18-19H,6H2,1-5H3,(H,15,20). The van der Waals surface area contributed by atoms with Gasteiger partial charge in [-0.25, -0.2) is 4.79 Å². The highest BCUT2D eigenvalue weighted by Crippen LogP contribution is 2.27. The lowest BCUT2D eigenvalue weighted by Gasteiger charge is -2.22. The monoisotopic (exact) mass is 319 g/mol. The minimum absolute atomic E-state index is 0.166. The second-order valence-corrected chi connectivity index (χ2v) is 6.17. The molecule has 0 spiro atoms. The highest BCUT2D eigenvalue weighted by molar-refractivity contribution is 6.30. The molecule has 0 aromatic carbocycles. The van der Waals surface area contributed by atoms with Gasteiger partial charge >= 0.3 is 6.09 Å². The fourth-order valence-electron chi connectivity index (χ4n) is 1.79. The summed E-state index contributed by atoms with van der Waals surface area (Å²) in [4.78, 5) is 11.5. The number of aliphatic hydroxyl groups is 2. The number of nitrogens with one attached hydrogen (secondary N) is 1. The van der Waals surface area contributed by atoms with Gasteiger partial charge in [0.2, 0.25) is 0 Å². The molecule has 0 saturated carbocycles. The molecule has 7 nitrogen and oxygen atoms in total. The maximum absolute atomic E-state index is 11.5. The Morgan fingerprint density at radius 1 is 1.48 bits per heavy atom. The van der Waals surface area contributed by atoms with Crippen LogP contribution < -0.4 is 5.32 Å². The van der Waals surface area contributed by atoms with E-state index in [-0.39, 0.29) is 11.7 Å². The van der Waals surface area contributed by atoms with Crippen molar-refractivity contribution in [3.63, 3.8) is 0 Å². The fraction of sp³-hybridized carbons (Fsp3) is 0.692. The summed E-state index contributed by atoms with van der Waals surface area (Å²) in [7, 11) is 1.64. The smallest absolute Gasteiger partial charge is 0.407 e. The molecule has 120 valence electrons. The summed E-state index contributed by atoms with van der Waals surface area (Å²) in [5, 5.41) is 26.8. The van der Waals surface area contributed by atoms with Gasteiger partial charge in [-0.15, -0.1) is 0 Å². The molecule has 0 aliphatic heterocycles. The zero-order chi connectivity index (χ0) is 16.4. The number of carbonyl (C=O) groups excluding carboxylic acids is 1. The number of hydrogen-bond donors (Lipinski definition) is 3. The summed E-state index contributed by atoms with van der Waals surface area (Å²) < 4.78 is 6.45. The molecule has 3 N–H and O–H groups in total. The van der Waals surface area contributed by atoms with Gasteiger partial charge in [0.15, 0.2) is 0 Å². The molecule has 8 heteroatoms. The number of aliphatic hydroxyl groups excluding tert-OH is 2. The second-order valence-electron chi connectivity index (χ2n) is 5.81. The average Bonchev–Trinajstić information content (AvgIpc) is 2.57. The Morgan fingerprint density at radius 3 is 2.48 bits per heavy atom. The van der Waals surface area contributed by atoms with Gasteiger partial charge in [-0.3, -0.25) is 4.68 Å². The lowest BCUT2D eigenvalue weighted by molar-refractivity contribution is 0.0127. The molecule has 1 aromatic heterocycles. The Kier molecular flexibility index (Phi) is 5.61. The molecule has 0 saturated heterocycles. The fourth-order valence-corrected chi connectivity index (χ4v) is 2.07. The molecular weight excluding hydrogens is 298 g/mol. The summed E-state index contributed by atoms with van der Waals surface area (Å²) >= 11 is 6.02. The number of nitrogens with zero attached hydrogens (tertiary/aromatic N) is 2. The van der Waals surface area contributed by atoms with E-state index in [1.807, 2.05) is 0 Å². The summed E-state index contributed by atoms with van der Waals surface area (Å²) in [6, 6.07) is 0. The van der Waals surface area contributed by atoms with Crippen molar-refractivity contribution in [2.24, 2.45) is 7.05 Å². The van der Waals surface area contributed by atoms with Crippen LogP contribution in [0.5, 0.6) is 0 Å². The molecule has 1 rings (SSSR count). The molecule has 2 atom stereocenters. The van der Waals surface area contributed by atoms with Gasteiger partial charge in [0.25, 0.3) is 0 Å². The molecular formula is C13H22ClN3O4. The Hall–Kier alpha value is -1.31. The van der Waals surface area contributed by atoms with Crippen molar-refractivity contribution in [2.75, 3.05) is 6.54 Å². The number of aromatic nitrogens is 2. The zero-order valence-corrected chi connectivity index (χ0v) is 13.6. The summed E-state index contributed by atoms with van der Waals surface area (Å²) in [6.45, 7) is 6.71. The molecule has 1 aromatic rings. The highest BCUT2D eigenvalue weighted by Gasteiger charge is 2.26. The van der Waals surface area contributed by atoms with E-state index in [2.05, 4.69) is 10.4 Å². The van der Waals surface area contributed by atoms with Crippen LogP contribution in [0.2, 0.25) is 5.15 Å². The number of hydrogen-bond acceptors (Lipinski definition) is 5. The molecule has 1 amide bonds. The lowest BCUT2D eigenvalue weighted by atomic mass is 10.1. The number of halogens is 1. The van der Waals surface area contributed by atoms with Gasteiger partial charge in [0.1, 0.15) is 23.0 Å². The second kappa shape index (κ2) is 6.64. The highest BCUT2D eigenvalue weighted by atomic mass is 35.5. The van der Waals surface area contributed by atoms with Crippen LogP contribution in [0.1, 0.15) is 38.1 Å². The van der Waals surface area contributed by atoms with Crippen molar-refractivity contribution in [2.45, 2.75) is 45.5 Å². The van der Waals surface area contributed by atoms with Crippen molar-refractivity contribution < 1.29 is 19.7 Å². The number of alkyl carbamates (subject to hydrolysis) is 1. The predicted molar refractivity (Wildman–Crippen MR) is 78.2 cm³/mol. The summed E-state index contributed by atoms with van der Waals surface area (Å²) in [6.07, 6.45) is -3.14. The molecule has 2 unspecified atom stereocenters. The van der Waals surface area contributed by atoms with E-state index >= 15 is 0 Å². The van der Waals surface area contributed by atoms with Crippen LogP contribution in [0, 0.1) is 6.92 Å². The van der Waals surface area contributed by atoms with Crippen LogP contribution in [0.15, 0.2) is 0 Å². The Bertz CT molecular complexity index is 510.